The van der Waals surface area contributed by atoms with Crippen LogP contribution in [0.1, 0.15) is 71.1 Å². The Labute approximate surface area is 140 Å². The molecule has 1 aliphatic heterocycles. The molecule has 4 rings (SSSR count). The van der Waals surface area contributed by atoms with Gasteiger partial charge in [-0.15, -0.1) is 0 Å². The van der Waals surface area contributed by atoms with Crippen LogP contribution in [-0.2, 0) is 16.4 Å². The highest BCUT2D eigenvalue weighted by atomic mass is 15.1. The number of rotatable bonds is 2. The van der Waals surface area contributed by atoms with Crippen LogP contribution in [-0.4, -0.2) is 0 Å². The van der Waals surface area contributed by atoms with Gasteiger partial charge in [0.2, 0.25) is 5.69 Å². The molecule has 2 aliphatic rings. The molecule has 2 heterocycles. The average molecular weight is 306 g/mol. The van der Waals surface area contributed by atoms with Gasteiger partial charge in [-0.05, 0) is 30.5 Å². The SMILES string of the molecule is CCC1(C)c2cccc3c2-c2c(ccc[n+]2C1(C)CC)C3(C)C. The Bertz CT molecular complexity index is 749. The smallest absolute Gasteiger partial charge is 0.192 e. The van der Waals surface area contributed by atoms with Crippen LogP contribution in [0.5, 0.6) is 0 Å². The maximum Gasteiger partial charge on any atom is 0.217 e. The van der Waals surface area contributed by atoms with E-state index in [0.717, 1.165) is 12.8 Å². The maximum atomic E-state index is 2.60. The van der Waals surface area contributed by atoms with Gasteiger partial charge in [0, 0.05) is 30.4 Å². The van der Waals surface area contributed by atoms with Crippen LogP contribution in [0.15, 0.2) is 36.5 Å². The molecule has 1 aliphatic carbocycles. The number of aromatic nitrogens is 1. The van der Waals surface area contributed by atoms with E-state index in [-0.39, 0.29) is 16.4 Å². The predicted octanol–water partition coefficient (Wildman–Crippen LogP) is 5.09. The summed E-state index contributed by atoms with van der Waals surface area (Å²) in [7, 11) is 0. The quantitative estimate of drug-likeness (QED) is 0.681. The van der Waals surface area contributed by atoms with Crippen molar-refractivity contribution in [2.24, 2.45) is 0 Å². The molecule has 0 saturated heterocycles. The zero-order valence-corrected chi connectivity index (χ0v) is 15.3. The van der Waals surface area contributed by atoms with Gasteiger partial charge in [-0.25, -0.2) is 0 Å². The zero-order chi connectivity index (χ0) is 16.6. The molecule has 0 spiro atoms. The Morgan fingerprint density at radius 3 is 2.13 bits per heavy atom. The minimum atomic E-state index is 0.0946. The van der Waals surface area contributed by atoms with Crippen molar-refractivity contribution in [1.29, 1.82) is 0 Å². The molecule has 23 heavy (non-hydrogen) atoms. The molecule has 2 unspecified atom stereocenters. The van der Waals surface area contributed by atoms with Crippen LogP contribution >= 0.6 is 0 Å². The van der Waals surface area contributed by atoms with Crippen molar-refractivity contribution >= 4 is 0 Å². The number of pyridine rings is 1. The summed E-state index contributed by atoms with van der Waals surface area (Å²) >= 11 is 0. The summed E-state index contributed by atoms with van der Waals surface area (Å²) in [6.45, 7) is 14.4. The first kappa shape index (κ1) is 14.9. The third-order valence-corrected chi connectivity index (χ3v) is 7.35. The molecule has 0 radical (unpaired) electrons. The van der Waals surface area contributed by atoms with Gasteiger partial charge in [-0.1, -0.05) is 45.9 Å². The highest BCUT2D eigenvalue weighted by molar-refractivity contribution is 5.80. The standard InChI is InChI=1S/C22H28N/c1-7-21(5)16-12-9-11-15-18(16)19-17(20(15,3)4)13-10-14-23(19)22(21,6)8-2/h9-14H,7-8H2,1-6H3/q+1. The number of hydrogen-bond donors (Lipinski definition) is 0. The van der Waals surface area contributed by atoms with Crippen molar-refractivity contribution in [2.75, 3.05) is 0 Å². The van der Waals surface area contributed by atoms with Gasteiger partial charge >= 0.3 is 0 Å². The van der Waals surface area contributed by atoms with E-state index in [4.69, 9.17) is 0 Å². The van der Waals surface area contributed by atoms with Crippen LogP contribution in [0.4, 0.5) is 0 Å². The van der Waals surface area contributed by atoms with Gasteiger partial charge in [0.25, 0.3) is 0 Å². The molecule has 0 saturated carbocycles. The highest BCUT2D eigenvalue weighted by Crippen LogP contribution is 2.57. The first-order chi connectivity index (χ1) is 10.8. The molecule has 120 valence electrons. The Morgan fingerprint density at radius 2 is 1.48 bits per heavy atom. The Morgan fingerprint density at radius 1 is 0.826 bits per heavy atom. The fraction of sp³-hybridized carbons (Fsp3) is 0.500. The molecular weight excluding hydrogens is 278 g/mol. The van der Waals surface area contributed by atoms with E-state index in [1.165, 1.54) is 22.4 Å². The Balaban J connectivity index is 2.24. The van der Waals surface area contributed by atoms with Gasteiger partial charge in [-0.2, -0.15) is 4.57 Å². The molecule has 2 atom stereocenters. The van der Waals surface area contributed by atoms with Gasteiger partial charge in [0.05, 0.1) is 11.0 Å². The highest BCUT2D eigenvalue weighted by Gasteiger charge is 2.59. The second-order valence-electron chi connectivity index (χ2n) is 8.31. The van der Waals surface area contributed by atoms with Crippen LogP contribution in [0.3, 0.4) is 0 Å². The Kier molecular flexibility index (Phi) is 2.76. The lowest BCUT2D eigenvalue weighted by molar-refractivity contribution is -0.765. The first-order valence-electron chi connectivity index (χ1n) is 9.03. The van der Waals surface area contributed by atoms with Gasteiger partial charge in [-0.3, -0.25) is 0 Å². The molecular formula is C22H28N+. The van der Waals surface area contributed by atoms with Crippen molar-refractivity contribution in [3.05, 3.63) is 53.2 Å². The fourth-order valence-corrected chi connectivity index (χ4v) is 5.30. The molecule has 1 nitrogen and oxygen atoms in total. The summed E-state index contributed by atoms with van der Waals surface area (Å²) in [5.74, 6) is 0. The topological polar surface area (TPSA) is 3.88 Å². The van der Waals surface area contributed by atoms with E-state index in [1.807, 2.05) is 0 Å². The van der Waals surface area contributed by atoms with E-state index >= 15 is 0 Å². The van der Waals surface area contributed by atoms with Gasteiger partial charge < -0.3 is 0 Å². The lowest BCUT2D eigenvalue weighted by Gasteiger charge is -2.45. The van der Waals surface area contributed by atoms with E-state index in [0.29, 0.717) is 0 Å². The van der Waals surface area contributed by atoms with Crippen molar-refractivity contribution < 1.29 is 4.57 Å². The summed E-state index contributed by atoms with van der Waals surface area (Å²) in [5.41, 5.74) is 7.89. The molecule has 1 aromatic carbocycles. The largest absolute Gasteiger partial charge is 0.217 e. The van der Waals surface area contributed by atoms with Crippen molar-refractivity contribution in [2.45, 2.75) is 70.8 Å². The third-order valence-electron chi connectivity index (χ3n) is 7.35. The van der Waals surface area contributed by atoms with Crippen molar-refractivity contribution in [3.63, 3.8) is 0 Å². The minimum Gasteiger partial charge on any atom is -0.192 e. The minimum absolute atomic E-state index is 0.0946. The summed E-state index contributed by atoms with van der Waals surface area (Å²) in [5, 5.41) is 0. The molecule has 0 N–H and O–H groups in total. The van der Waals surface area contributed by atoms with Crippen LogP contribution in [0.25, 0.3) is 11.3 Å². The zero-order valence-electron chi connectivity index (χ0n) is 15.3. The molecule has 0 amide bonds. The van der Waals surface area contributed by atoms with Crippen LogP contribution in [0, 0.1) is 0 Å². The van der Waals surface area contributed by atoms with Crippen molar-refractivity contribution in [1.82, 2.24) is 0 Å². The monoisotopic (exact) mass is 306 g/mol. The van der Waals surface area contributed by atoms with Gasteiger partial charge in [0.1, 0.15) is 0 Å². The molecule has 1 aromatic heterocycles. The molecule has 2 aromatic rings. The lowest BCUT2D eigenvalue weighted by Crippen LogP contribution is -2.67. The second kappa shape index (κ2) is 4.26. The summed E-state index contributed by atoms with van der Waals surface area (Å²) in [4.78, 5) is 0. The average Bonchev–Trinajstić information content (AvgIpc) is 2.81. The number of nitrogens with zero attached hydrogens (tertiary/aromatic N) is 1. The van der Waals surface area contributed by atoms with E-state index in [1.54, 1.807) is 5.56 Å². The van der Waals surface area contributed by atoms with Crippen LogP contribution < -0.4 is 4.57 Å². The van der Waals surface area contributed by atoms with Crippen LogP contribution in [0.2, 0.25) is 0 Å². The summed E-state index contributed by atoms with van der Waals surface area (Å²) in [6, 6.07) is 11.6. The van der Waals surface area contributed by atoms with E-state index in [9.17, 15) is 0 Å². The number of benzene rings is 1. The number of hydrogen-bond acceptors (Lipinski definition) is 0. The van der Waals surface area contributed by atoms with Gasteiger partial charge in [0.15, 0.2) is 11.7 Å². The normalized spacial score (nSPS) is 29.5. The maximum absolute atomic E-state index is 2.60. The molecule has 0 fully saturated rings. The lowest BCUT2D eigenvalue weighted by atomic mass is 9.60. The molecule has 1 heteroatoms. The first-order valence-corrected chi connectivity index (χ1v) is 9.03. The third kappa shape index (κ3) is 1.43. The van der Waals surface area contributed by atoms with E-state index in [2.05, 4.69) is 82.6 Å². The summed E-state index contributed by atoms with van der Waals surface area (Å²) in [6.07, 6.45) is 4.62. The Hall–Kier alpha value is -1.63. The predicted molar refractivity (Wildman–Crippen MR) is 95.8 cm³/mol. The van der Waals surface area contributed by atoms with Crippen molar-refractivity contribution in [3.8, 4) is 11.3 Å². The second-order valence-corrected chi connectivity index (χ2v) is 8.31. The fourth-order valence-electron chi connectivity index (χ4n) is 5.30. The van der Waals surface area contributed by atoms with E-state index < -0.39 is 0 Å². The summed E-state index contributed by atoms with van der Waals surface area (Å²) < 4.78 is 2.60. The molecule has 0 bridgehead atoms.